The van der Waals surface area contributed by atoms with Gasteiger partial charge in [0.2, 0.25) is 0 Å². The van der Waals surface area contributed by atoms with E-state index in [9.17, 15) is 13.2 Å². The Labute approximate surface area is 207 Å². The molecule has 0 aliphatic rings. The molecule has 3 aromatic rings. The number of ether oxygens (including phenoxy) is 1. The third-order valence-corrected chi connectivity index (χ3v) is 7.02. The Kier molecular flexibility index (Phi) is 9.03. The van der Waals surface area contributed by atoms with Crippen LogP contribution in [-0.2, 0) is 14.8 Å². The van der Waals surface area contributed by atoms with E-state index in [1.807, 2.05) is 44.2 Å². The molecular formula is C27H31N3O4S. The molecule has 3 rings (SSSR count). The van der Waals surface area contributed by atoms with E-state index in [1.165, 1.54) is 6.21 Å². The van der Waals surface area contributed by atoms with Gasteiger partial charge in [-0.3, -0.25) is 9.10 Å². The molecule has 0 fully saturated rings. The van der Waals surface area contributed by atoms with Gasteiger partial charge in [-0.25, -0.2) is 13.8 Å². The number of hydrogen-bond donors (Lipinski definition) is 1. The topological polar surface area (TPSA) is 88.1 Å². The highest BCUT2D eigenvalue weighted by Crippen LogP contribution is 2.24. The highest BCUT2D eigenvalue weighted by atomic mass is 32.2. The Morgan fingerprint density at radius 2 is 1.71 bits per heavy atom. The van der Waals surface area contributed by atoms with Crippen LogP contribution in [0.1, 0.15) is 36.5 Å². The van der Waals surface area contributed by atoms with Crippen LogP contribution in [0, 0.1) is 13.8 Å². The Morgan fingerprint density at radius 1 is 1.00 bits per heavy atom. The second-order valence-corrected chi connectivity index (χ2v) is 10.1. The van der Waals surface area contributed by atoms with Crippen molar-refractivity contribution >= 4 is 27.8 Å². The van der Waals surface area contributed by atoms with Crippen LogP contribution in [0.4, 0.5) is 5.69 Å². The maximum absolute atomic E-state index is 13.4. The molecule has 0 aliphatic heterocycles. The summed E-state index contributed by atoms with van der Waals surface area (Å²) in [6, 6.07) is 20.9. The molecule has 0 saturated carbocycles. The maximum atomic E-state index is 13.4. The van der Waals surface area contributed by atoms with Crippen molar-refractivity contribution in [1.29, 1.82) is 0 Å². The molecule has 3 aromatic carbocycles. The summed E-state index contributed by atoms with van der Waals surface area (Å²) in [5, 5.41) is 3.99. The Hall–Kier alpha value is -3.65. The minimum Gasteiger partial charge on any atom is -0.494 e. The zero-order valence-corrected chi connectivity index (χ0v) is 21.1. The van der Waals surface area contributed by atoms with Crippen molar-refractivity contribution in [3.63, 3.8) is 0 Å². The fourth-order valence-corrected chi connectivity index (χ4v) is 4.68. The van der Waals surface area contributed by atoms with Crippen LogP contribution in [0.15, 0.2) is 82.8 Å². The lowest BCUT2D eigenvalue weighted by atomic mass is 10.2. The monoisotopic (exact) mass is 493 g/mol. The van der Waals surface area contributed by atoms with Crippen LogP contribution in [0.2, 0.25) is 0 Å². The molecule has 1 amide bonds. The van der Waals surface area contributed by atoms with Gasteiger partial charge >= 0.3 is 0 Å². The summed E-state index contributed by atoms with van der Waals surface area (Å²) in [5.74, 6) is 0.215. The lowest BCUT2D eigenvalue weighted by molar-refractivity contribution is -0.119. The summed E-state index contributed by atoms with van der Waals surface area (Å²) >= 11 is 0. The number of sulfonamides is 1. The third-order valence-electron chi connectivity index (χ3n) is 5.24. The number of carbonyl (C=O) groups excluding carboxylic acids is 1. The summed E-state index contributed by atoms with van der Waals surface area (Å²) < 4.78 is 33.5. The van der Waals surface area contributed by atoms with Gasteiger partial charge in [0.05, 0.1) is 23.4 Å². The predicted molar refractivity (Wildman–Crippen MR) is 139 cm³/mol. The van der Waals surface area contributed by atoms with Crippen LogP contribution in [0.5, 0.6) is 5.75 Å². The molecule has 0 atom stereocenters. The van der Waals surface area contributed by atoms with Gasteiger partial charge < -0.3 is 4.74 Å². The number of benzene rings is 3. The van der Waals surface area contributed by atoms with Crippen LogP contribution in [0.3, 0.4) is 0 Å². The first kappa shape index (κ1) is 26.0. The quantitative estimate of drug-likeness (QED) is 0.235. The Bertz CT molecular complexity index is 1250. The lowest BCUT2D eigenvalue weighted by Crippen LogP contribution is -2.39. The summed E-state index contributed by atoms with van der Waals surface area (Å²) in [6.07, 6.45) is 3.56. The van der Waals surface area contributed by atoms with Crippen molar-refractivity contribution in [2.75, 3.05) is 17.5 Å². The van der Waals surface area contributed by atoms with Gasteiger partial charge in [-0.05, 0) is 79.9 Å². The van der Waals surface area contributed by atoms with Gasteiger partial charge in [0, 0.05) is 0 Å². The first-order valence-corrected chi connectivity index (χ1v) is 12.9. The number of rotatable bonds is 11. The van der Waals surface area contributed by atoms with Crippen LogP contribution < -0.4 is 14.5 Å². The molecule has 0 aliphatic carbocycles. The molecule has 0 heterocycles. The molecule has 184 valence electrons. The second-order valence-electron chi connectivity index (χ2n) is 8.23. The molecule has 0 unspecified atom stereocenters. The van der Waals surface area contributed by atoms with E-state index in [4.69, 9.17) is 4.74 Å². The van der Waals surface area contributed by atoms with E-state index >= 15 is 0 Å². The largest absolute Gasteiger partial charge is 0.494 e. The minimum atomic E-state index is -3.97. The van der Waals surface area contributed by atoms with Crippen LogP contribution in [0.25, 0.3) is 0 Å². The second kappa shape index (κ2) is 12.2. The summed E-state index contributed by atoms with van der Waals surface area (Å²) in [5.41, 5.74) is 5.43. The van der Waals surface area contributed by atoms with E-state index in [0.717, 1.165) is 39.6 Å². The molecule has 0 saturated heterocycles. The number of carbonyl (C=O) groups is 1. The lowest BCUT2D eigenvalue weighted by Gasteiger charge is -2.24. The maximum Gasteiger partial charge on any atom is 0.264 e. The highest BCUT2D eigenvalue weighted by Gasteiger charge is 2.27. The predicted octanol–water partition coefficient (Wildman–Crippen LogP) is 4.83. The number of anilines is 1. The number of hydrogen-bond acceptors (Lipinski definition) is 5. The Balaban J connectivity index is 1.72. The normalized spacial score (nSPS) is 11.4. The molecule has 1 N–H and O–H groups in total. The molecule has 7 nitrogen and oxygen atoms in total. The van der Waals surface area contributed by atoms with Crippen molar-refractivity contribution < 1.29 is 17.9 Å². The first-order valence-electron chi connectivity index (χ1n) is 11.5. The molecule has 0 bridgehead atoms. The number of unbranched alkanes of at least 4 members (excludes halogenated alkanes) is 1. The van der Waals surface area contributed by atoms with E-state index in [0.29, 0.717) is 12.3 Å². The van der Waals surface area contributed by atoms with E-state index < -0.39 is 22.5 Å². The zero-order chi connectivity index (χ0) is 25.3. The number of nitrogens with zero attached hydrogens (tertiary/aromatic N) is 2. The highest BCUT2D eigenvalue weighted by molar-refractivity contribution is 7.92. The summed E-state index contributed by atoms with van der Waals surface area (Å²) in [6.45, 7) is 6.11. The fraction of sp³-hybridized carbons (Fsp3) is 0.259. The first-order chi connectivity index (χ1) is 16.8. The van der Waals surface area contributed by atoms with Crippen molar-refractivity contribution in [3.8, 4) is 5.75 Å². The van der Waals surface area contributed by atoms with Crippen molar-refractivity contribution in [2.24, 2.45) is 5.10 Å². The van der Waals surface area contributed by atoms with Gasteiger partial charge in [0.25, 0.3) is 15.9 Å². The molecular weight excluding hydrogens is 462 g/mol. The van der Waals surface area contributed by atoms with Crippen LogP contribution >= 0.6 is 0 Å². The van der Waals surface area contributed by atoms with Gasteiger partial charge in [-0.2, -0.15) is 5.10 Å². The van der Waals surface area contributed by atoms with E-state index in [2.05, 4.69) is 17.5 Å². The standard InChI is InChI=1S/C27H31N3O4S/c1-4-5-17-34-25-13-11-23(12-14-25)19-28-29-27(31)20-30(24-8-6-7-22(3)18-24)35(32,33)26-15-9-21(2)10-16-26/h6-16,18-19H,4-5,17,20H2,1-3H3,(H,29,31)/b28-19-. The number of nitrogens with one attached hydrogen (secondary N) is 1. The Morgan fingerprint density at radius 3 is 2.37 bits per heavy atom. The van der Waals surface area contributed by atoms with Gasteiger partial charge in [-0.1, -0.05) is 43.2 Å². The van der Waals surface area contributed by atoms with Crippen LogP contribution in [-0.4, -0.2) is 33.7 Å². The summed E-state index contributed by atoms with van der Waals surface area (Å²) in [7, 11) is -3.97. The fourth-order valence-electron chi connectivity index (χ4n) is 3.26. The number of hydrazone groups is 1. The average molecular weight is 494 g/mol. The number of aryl methyl sites for hydroxylation is 2. The molecule has 0 spiro atoms. The SMILES string of the molecule is CCCCOc1ccc(/C=N\NC(=O)CN(c2cccc(C)c2)S(=O)(=O)c2ccc(C)cc2)cc1. The van der Waals surface area contributed by atoms with Crippen molar-refractivity contribution in [2.45, 2.75) is 38.5 Å². The van der Waals surface area contributed by atoms with Crippen molar-refractivity contribution in [1.82, 2.24) is 5.43 Å². The molecule has 8 heteroatoms. The van der Waals surface area contributed by atoms with Crippen molar-refractivity contribution in [3.05, 3.63) is 89.5 Å². The molecule has 0 radical (unpaired) electrons. The molecule has 0 aromatic heterocycles. The number of amides is 1. The van der Waals surface area contributed by atoms with E-state index in [1.54, 1.807) is 42.5 Å². The average Bonchev–Trinajstić information content (AvgIpc) is 2.84. The van der Waals surface area contributed by atoms with Gasteiger partial charge in [0.15, 0.2) is 0 Å². The third kappa shape index (κ3) is 7.42. The van der Waals surface area contributed by atoms with Gasteiger partial charge in [0.1, 0.15) is 12.3 Å². The van der Waals surface area contributed by atoms with Gasteiger partial charge in [-0.15, -0.1) is 0 Å². The smallest absolute Gasteiger partial charge is 0.264 e. The summed E-state index contributed by atoms with van der Waals surface area (Å²) in [4.78, 5) is 12.8. The molecule has 35 heavy (non-hydrogen) atoms. The minimum absolute atomic E-state index is 0.113. The van der Waals surface area contributed by atoms with E-state index in [-0.39, 0.29) is 4.90 Å². The zero-order valence-electron chi connectivity index (χ0n) is 20.3.